The third-order valence-corrected chi connectivity index (χ3v) is 5.39. The molecule has 1 aliphatic carbocycles. The third kappa shape index (κ3) is 3.54. The molecule has 0 atom stereocenters. The Morgan fingerprint density at radius 2 is 1.85 bits per heavy atom. The Hall–Kier alpha value is -2.14. The molecular weight excluding hydrogens is 360 g/mol. The summed E-state index contributed by atoms with van der Waals surface area (Å²) in [6.45, 7) is 0.377. The highest BCUT2D eigenvalue weighted by Gasteiger charge is 2.38. The van der Waals surface area contributed by atoms with Crippen LogP contribution in [-0.4, -0.2) is 19.6 Å². The van der Waals surface area contributed by atoms with E-state index in [1.807, 2.05) is 24.3 Å². The number of hydrogen-bond donors (Lipinski definition) is 1. The molecule has 0 saturated heterocycles. The Morgan fingerprint density at radius 1 is 1.19 bits per heavy atom. The van der Waals surface area contributed by atoms with Gasteiger partial charge in [-0.3, -0.25) is 4.79 Å². The predicted molar refractivity (Wildman–Crippen MR) is 96.8 cm³/mol. The van der Waals surface area contributed by atoms with Crippen LogP contribution in [0.1, 0.15) is 41.6 Å². The average molecular weight is 380 g/mol. The number of halogens is 3. The van der Waals surface area contributed by atoms with Crippen LogP contribution in [0.25, 0.3) is 0 Å². The lowest BCUT2D eigenvalue weighted by atomic mass is 9.78. The van der Waals surface area contributed by atoms with Crippen LogP contribution in [0.4, 0.5) is 8.78 Å². The summed E-state index contributed by atoms with van der Waals surface area (Å²) in [4.78, 5) is 12.5. The lowest BCUT2D eigenvalue weighted by molar-refractivity contribution is 0.0942. The standard InChI is InChI=1S/C20H20ClF2NO2/c1-26-18-7-3-2-6-14(18)20(8-4-5-9-20)12-24-19(25)13-10-16(22)17(23)11-15(13)21/h2-3,6-7,10-11H,4-5,8-9,12H2,1H3,(H,24,25). The van der Waals surface area contributed by atoms with E-state index in [0.717, 1.165) is 49.1 Å². The van der Waals surface area contributed by atoms with Crippen molar-refractivity contribution in [2.24, 2.45) is 0 Å². The zero-order chi connectivity index (χ0) is 18.7. The molecule has 1 saturated carbocycles. The second-order valence-corrected chi connectivity index (χ2v) is 7.02. The van der Waals surface area contributed by atoms with Crippen molar-refractivity contribution >= 4 is 17.5 Å². The van der Waals surface area contributed by atoms with Gasteiger partial charge in [-0.05, 0) is 31.0 Å². The van der Waals surface area contributed by atoms with E-state index in [9.17, 15) is 13.6 Å². The summed E-state index contributed by atoms with van der Waals surface area (Å²) < 4.78 is 32.2. The van der Waals surface area contributed by atoms with Crippen molar-refractivity contribution < 1.29 is 18.3 Å². The maximum atomic E-state index is 13.5. The summed E-state index contributed by atoms with van der Waals surface area (Å²) in [5, 5.41) is 2.74. The van der Waals surface area contributed by atoms with Crippen molar-refractivity contribution in [1.82, 2.24) is 5.32 Å². The summed E-state index contributed by atoms with van der Waals surface area (Å²) in [6, 6.07) is 9.43. The lowest BCUT2D eigenvalue weighted by Gasteiger charge is -2.31. The van der Waals surface area contributed by atoms with Gasteiger partial charge in [0.1, 0.15) is 5.75 Å². The van der Waals surface area contributed by atoms with Crippen molar-refractivity contribution in [2.75, 3.05) is 13.7 Å². The molecule has 26 heavy (non-hydrogen) atoms. The third-order valence-electron chi connectivity index (χ3n) is 5.08. The minimum atomic E-state index is -1.10. The zero-order valence-electron chi connectivity index (χ0n) is 14.5. The Bertz CT molecular complexity index is 819. The number of nitrogens with one attached hydrogen (secondary N) is 1. The van der Waals surface area contributed by atoms with Crippen molar-refractivity contribution in [3.8, 4) is 5.75 Å². The molecule has 138 valence electrons. The Labute approximate surface area is 156 Å². The maximum absolute atomic E-state index is 13.5. The van der Waals surface area contributed by atoms with E-state index in [1.165, 1.54) is 0 Å². The number of ether oxygens (including phenoxy) is 1. The number of hydrogen-bond acceptors (Lipinski definition) is 2. The van der Waals surface area contributed by atoms with Crippen LogP contribution in [0.15, 0.2) is 36.4 Å². The smallest absolute Gasteiger partial charge is 0.252 e. The molecule has 2 aromatic carbocycles. The molecule has 0 unspecified atom stereocenters. The number of rotatable bonds is 5. The van der Waals surface area contributed by atoms with Gasteiger partial charge in [-0.25, -0.2) is 8.78 Å². The first-order chi connectivity index (χ1) is 12.5. The summed E-state index contributed by atoms with van der Waals surface area (Å²) in [7, 11) is 1.63. The van der Waals surface area contributed by atoms with Gasteiger partial charge >= 0.3 is 0 Å². The molecule has 0 aromatic heterocycles. The lowest BCUT2D eigenvalue weighted by Crippen LogP contribution is -2.39. The van der Waals surface area contributed by atoms with Gasteiger partial charge in [0.25, 0.3) is 5.91 Å². The van der Waals surface area contributed by atoms with E-state index in [2.05, 4.69) is 5.32 Å². The maximum Gasteiger partial charge on any atom is 0.252 e. The Kier molecular flexibility index (Phi) is 5.47. The largest absolute Gasteiger partial charge is 0.496 e. The second kappa shape index (κ2) is 7.62. The fourth-order valence-electron chi connectivity index (χ4n) is 3.72. The van der Waals surface area contributed by atoms with E-state index < -0.39 is 17.5 Å². The van der Waals surface area contributed by atoms with Gasteiger partial charge in [0.2, 0.25) is 0 Å². The highest BCUT2D eigenvalue weighted by atomic mass is 35.5. The van der Waals surface area contributed by atoms with Gasteiger partial charge in [-0.2, -0.15) is 0 Å². The van der Waals surface area contributed by atoms with Gasteiger partial charge < -0.3 is 10.1 Å². The topological polar surface area (TPSA) is 38.3 Å². The molecule has 1 N–H and O–H groups in total. The second-order valence-electron chi connectivity index (χ2n) is 6.62. The first kappa shape index (κ1) is 18.6. The average Bonchev–Trinajstić information content (AvgIpc) is 3.12. The molecule has 0 bridgehead atoms. The first-order valence-corrected chi connectivity index (χ1v) is 8.91. The van der Waals surface area contributed by atoms with Gasteiger partial charge in [-0.15, -0.1) is 0 Å². The van der Waals surface area contributed by atoms with Gasteiger partial charge in [0, 0.05) is 17.5 Å². The van der Waals surface area contributed by atoms with Crippen molar-refractivity contribution in [3.05, 3.63) is 64.2 Å². The molecule has 6 heteroatoms. The Morgan fingerprint density at radius 3 is 2.54 bits per heavy atom. The highest BCUT2D eigenvalue weighted by molar-refractivity contribution is 6.33. The van der Waals surface area contributed by atoms with Gasteiger partial charge in [-0.1, -0.05) is 42.6 Å². The van der Waals surface area contributed by atoms with Crippen LogP contribution in [-0.2, 0) is 5.41 Å². The van der Waals surface area contributed by atoms with E-state index in [4.69, 9.17) is 16.3 Å². The Balaban J connectivity index is 1.84. The summed E-state index contributed by atoms with van der Waals surface area (Å²) >= 11 is 5.90. The summed E-state index contributed by atoms with van der Waals surface area (Å²) in [5.41, 5.74) is 0.739. The molecule has 0 spiro atoms. The van der Waals surface area contributed by atoms with E-state index in [-0.39, 0.29) is 16.0 Å². The molecule has 1 aliphatic rings. The van der Waals surface area contributed by atoms with Crippen molar-refractivity contribution in [1.29, 1.82) is 0 Å². The SMILES string of the molecule is COc1ccccc1C1(CNC(=O)c2cc(F)c(F)cc2Cl)CCCC1. The number of benzene rings is 2. The first-order valence-electron chi connectivity index (χ1n) is 8.53. The zero-order valence-corrected chi connectivity index (χ0v) is 15.2. The molecule has 1 amide bonds. The van der Waals surface area contributed by atoms with Crippen LogP contribution in [0.5, 0.6) is 5.75 Å². The molecule has 0 radical (unpaired) electrons. The molecule has 3 nitrogen and oxygen atoms in total. The molecule has 2 aromatic rings. The number of amides is 1. The minimum Gasteiger partial charge on any atom is -0.496 e. The molecule has 0 aliphatic heterocycles. The number of para-hydroxylation sites is 1. The van der Waals surface area contributed by atoms with Crippen LogP contribution < -0.4 is 10.1 Å². The van der Waals surface area contributed by atoms with Crippen LogP contribution in [0.2, 0.25) is 5.02 Å². The van der Waals surface area contributed by atoms with E-state index in [0.29, 0.717) is 6.54 Å². The van der Waals surface area contributed by atoms with Crippen molar-refractivity contribution in [2.45, 2.75) is 31.1 Å². The van der Waals surface area contributed by atoms with Crippen molar-refractivity contribution in [3.63, 3.8) is 0 Å². The number of carbonyl (C=O) groups excluding carboxylic acids is 1. The van der Waals surface area contributed by atoms with Crippen LogP contribution in [0, 0.1) is 11.6 Å². The molecule has 3 rings (SSSR count). The fourth-order valence-corrected chi connectivity index (χ4v) is 3.95. The summed E-state index contributed by atoms with van der Waals surface area (Å²) in [6.07, 6.45) is 3.94. The fraction of sp³-hybridized carbons (Fsp3) is 0.350. The van der Waals surface area contributed by atoms with Gasteiger partial charge in [0.05, 0.1) is 17.7 Å². The molecule has 1 fully saturated rings. The van der Waals surface area contributed by atoms with Crippen LogP contribution in [0.3, 0.4) is 0 Å². The number of methoxy groups -OCH3 is 1. The monoisotopic (exact) mass is 379 g/mol. The quantitative estimate of drug-likeness (QED) is 0.753. The van der Waals surface area contributed by atoms with E-state index >= 15 is 0 Å². The van der Waals surface area contributed by atoms with E-state index in [1.54, 1.807) is 7.11 Å². The number of carbonyl (C=O) groups is 1. The summed E-state index contributed by atoms with van der Waals surface area (Å²) in [5.74, 6) is -1.91. The minimum absolute atomic E-state index is 0.0706. The normalized spacial score (nSPS) is 15.7. The van der Waals surface area contributed by atoms with Gasteiger partial charge in [0.15, 0.2) is 11.6 Å². The van der Waals surface area contributed by atoms with Crippen LogP contribution >= 0.6 is 11.6 Å². The molecule has 0 heterocycles. The predicted octanol–water partition coefficient (Wildman–Crippen LogP) is 4.87. The molecular formula is C20H20ClF2NO2. The highest BCUT2D eigenvalue weighted by Crippen LogP contribution is 2.44.